The van der Waals surface area contributed by atoms with Gasteiger partial charge in [-0.1, -0.05) is 6.07 Å². The zero-order valence-electron chi connectivity index (χ0n) is 14.4. The molecule has 2 aliphatic heterocycles. The Morgan fingerprint density at radius 1 is 1.00 bits per heavy atom. The van der Waals surface area contributed by atoms with Gasteiger partial charge in [0, 0.05) is 24.7 Å². The molecule has 0 aliphatic carbocycles. The van der Waals surface area contributed by atoms with E-state index in [0.29, 0.717) is 29.4 Å². The zero-order chi connectivity index (χ0) is 18.8. The van der Waals surface area contributed by atoms with Crippen LogP contribution in [0.1, 0.15) is 17.2 Å². The Kier molecular flexibility index (Phi) is 4.55. The van der Waals surface area contributed by atoms with Gasteiger partial charge < -0.3 is 30.0 Å². The molecule has 0 aromatic heterocycles. The first-order valence-corrected chi connectivity index (χ1v) is 8.52. The quantitative estimate of drug-likeness (QED) is 0.697. The van der Waals surface area contributed by atoms with Gasteiger partial charge in [-0.15, -0.1) is 0 Å². The van der Waals surface area contributed by atoms with Crippen molar-refractivity contribution in [2.45, 2.75) is 12.5 Å². The number of aliphatic hydroxyl groups is 1. The summed E-state index contributed by atoms with van der Waals surface area (Å²) in [6, 6.07) is 10.2. The normalized spacial score (nSPS) is 14.9. The predicted molar refractivity (Wildman–Crippen MR) is 94.8 cm³/mol. The highest BCUT2D eigenvalue weighted by Gasteiger charge is 2.20. The molecule has 0 saturated carbocycles. The highest BCUT2D eigenvalue weighted by atomic mass is 16.7. The molecule has 3 N–H and O–H groups in total. The largest absolute Gasteiger partial charge is 0.493 e. The van der Waals surface area contributed by atoms with Crippen molar-refractivity contribution in [3.63, 3.8) is 0 Å². The molecule has 2 amide bonds. The van der Waals surface area contributed by atoms with E-state index in [0.717, 1.165) is 17.7 Å². The molecule has 8 nitrogen and oxygen atoms in total. The fraction of sp³-hybridized carbons (Fsp3) is 0.263. The van der Waals surface area contributed by atoms with Crippen LogP contribution in [0.5, 0.6) is 17.2 Å². The van der Waals surface area contributed by atoms with Crippen LogP contribution < -0.4 is 24.8 Å². The molecule has 0 fully saturated rings. The number of carbonyl (C=O) groups excluding carboxylic acids is 2. The van der Waals surface area contributed by atoms with E-state index < -0.39 is 17.9 Å². The fourth-order valence-electron chi connectivity index (χ4n) is 2.96. The van der Waals surface area contributed by atoms with Gasteiger partial charge in [-0.05, 0) is 35.4 Å². The van der Waals surface area contributed by atoms with E-state index in [1.165, 1.54) is 0 Å². The number of amides is 2. The number of hydrogen-bond donors (Lipinski definition) is 3. The van der Waals surface area contributed by atoms with Gasteiger partial charge in [-0.25, -0.2) is 0 Å². The van der Waals surface area contributed by atoms with Gasteiger partial charge in [0.2, 0.25) is 6.79 Å². The Balaban J connectivity index is 1.31. The lowest BCUT2D eigenvalue weighted by molar-refractivity contribution is -0.136. The van der Waals surface area contributed by atoms with Crippen LogP contribution in [-0.2, 0) is 16.0 Å². The number of aliphatic hydroxyl groups excluding tert-OH is 1. The summed E-state index contributed by atoms with van der Waals surface area (Å²) in [6.45, 7) is 0.679. The molecule has 4 rings (SSSR count). The van der Waals surface area contributed by atoms with Gasteiger partial charge in [-0.3, -0.25) is 9.59 Å². The minimum Gasteiger partial charge on any atom is -0.493 e. The maximum Gasteiger partial charge on any atom is 0.313 e. The second-order valence-corrected chi connectivity index (χ2v) is 6.21. The number of hydrogen-bond acceptors (Lipinski definition) is 6. The maximum absolute atomic E-state index is 12.0. The van der Waals surface area contributed by atoms with Gasteiger partial charge in [0.05, 0.1) is 12.7 Å². The average Bonchev–Trinajstić information content (AvgIpc) is 3.33. The molecule has 0 saturated heterocycles. The van der Waals surface area contributed by atoms with Crippen LogP contribution in [0.15, 0.2) is 36.4 Å². The van der Waals surface area contributed by atoms with Crippen molar-refractivity contribution in [1.29, 1.82) is 0 Å². The third-order valence-electron chi connectivity index (χ3n) is 4.39. The third kappa shape index (κ3) is 3.65. The molecule has 2 heterocycles. The van der Waals surface area contributed by atoms with Crippen LogP contribution >= 0.6 is 0 Å². The number of carbonyl (C=O) groups is 2. The molecule has 2 aliphatic rings. The Morgan fingerprint density at radius 2 is 1.81 bits per heavy atom. The van der Waals surface area contributed by atoms with Crippen molar-refractivity contribution < 1.29 is 28.9 Å². The van der Waals surface area contributed by atoms with E-state index in [1.54, 1.807) is 30.3 Å². The van der Waals surface area contributed by atoms with Crippen molar-refractivity contribution >= 4 is 17.5 Å². The fourth-order valence-corrected chi connectivity index (χ4v) is 2.96. The summed E-state index contributed by atoms with van der Waals surface area (Å²) >= 11 is 0. The van der Waals surface area contributed by atoms with Crippen LogP contribution in [0.3, 0.4) is 0 Å². The van der Waals surface area contributed by atoms with Gasteiger partial charge in [0.1, 0.15) is 5.75 Å². The van der Waals surface area contributed by atoms with Crippen molar-refractivity contribution in [2.24, 2.45) is 0 Å². The zero-order valence-corrected chi connectivity index (χ0v) is 14.4. The van der Waals surface area contributed by atoms with Crippen molar-refractivity contribution in [1.82, 2.24) is 5.32 Å². The van der Waals surface area contributed by atoms with E-state index >= 15 is 0 Å². The number of rotatable bonds is 4. The van der Waals surface area contributed by atoms with Gasteiger partial charge in [-0.2, -0.15) is 0 Å². The first-order chi connectivity index (χ1) is 13.1. The summed E-state index contributed by atoms with van der Waals surface area (Å²) in [5.74, 6) is 0.238. The number of nitrogens with one attached hydrogen (secondary N) is 2. The van der Waals surface area contributed by atoms with Crippen LogP contribution in [0.4, 0.5) is 5.69 Å². The number of benzene rings is 2. The van der Waals surface area contributed by atoms with Crippen LogP contribution in [0.25, 0.3) is 0 Å². The summed E-state index contributed by atoms with van der Waals surface area (Å²) in [6.07, 6.45) is -0.126. The van der Waals surface area contributed by atoms with Crippen LogP contribution in [0, 0.1) is 0 Å². The molecule has 0 bridgehead atoms. The molecule has 1 atom stereocenters. The second kappa shape index (κ2) is 7.16. The summed E-state index contributed by atoms with van der Waals surface area (Å²) in [4.78, 5) is 24.0. The summed E-state index contributed by atoms with van der Waals surface area (Å²) < 4.78 is 15.8. The van der Waals surface area contributed by atoms with Crippen LogP contribution in [0.2, 0.25) is 0 Å². The number of anilines is 1. The van der Waals surface area contributed by atoms with Gasteiger partial charge >= 0.3 is 11.8 Å². The summed E-state index contributed by atoms with van der Waals surface area (Å²) in [5.41, 5.74) is 2.10. The minimum atomic E-state index is -0.918. The lowest BCUT2D eigenvalue weighted by atomic mass is 10.0. The molecule has 2 aromatic rings. The lowest BCUT2D eigenvalue weighted by Crippen LogP contribution is -2.37. The Bertz CT molecular complexity index is 898. The van der Waals surface area contributed by atoms with Crippen LogP contribution in [-0.4, -0.2) is 36.9 Å². The highest BCUT2D eigenvalue weighted by molar-refractivity contribution is 6.39. The predicted octanol–water partition coefficient (Wildman–Crippen LogP) is 1.14. The highest BCUT2D eigenvalue weighted by Crippen LogP contribution is 2.34. The molecular formula is C19H18N2O6. The van der Waals surface area contributed by atoms with E-state index in [1.807, 2.05) is 6.07 Å². The molecule has 8 heteroatoms. The van der Waals surface area contributed by atoms with E-state index in [-0.39, 0.29) is 13.3 Å². The number of ether oxygens (including phenoxy) is 3. The monoisotopic (exact) mass is 370 g/mol. The third-order valence-corrected chi connectivity index (χ3v) is 4.39. The summed E-state index contributed by atoms with van der Waals surface area (Å²) in [5, 5.41) is 15.2. The van der Waals surface area contributed by atoms with E-state index in [2.05, 4.69) is 10.6 Å². The smallest absolute Gasteiger partial charge is 0.313 e. The lowest BCUT2D eigenvalue weighted by Gasteiger charge is -2.13. The first kappa shape index (κ1) is 17.2. The molecular weight excluding hydrogens is 352 g/mol. The van der Waals surface area contributed by atoms with Gasteiger partial charge in [0.25, 0.3) is 0 Å². The maximum atomic E-state index is 12.0. The van der Waals surface area contributed by atoms with Crippen molar-refractivity contribution in [3.8, 4) is 17.2 Å². The molecule has 2 aromatic carbocycles. The first-order valence-electron chi connectivity index (χ1n) is 8.52. The van der Waals surface area contributed by atoms with E-state index in [9.17, 15) is 14.7 Å². The molecule has 140 valence electrons. The topological polar surface area (TPSA) is 106 Å². The van der Waals surface area contributed by atoms with Crippen molar-refractivity contribution in [2.75, 3.05) is 25.3 Å². The minimum absolute atomic E-state index is 0.0764. The Hall–Kier alpha value is -3.26. The Morgan fingerprint density at radius 3 is 2.70 bits per heavy atom. The standard InChI is InChI=1S/C19H18N2O6/c22-14(11-1-3-15-12(7-11)5-6-25-15)9-20-18(23)19(24)21-13-2-4-16-17(8-13)27-10-26-16/h1-4,7-8,14,22H,5-6,9-10H2,(H,20,23)(H,21,24)/t14-/m0/s1. The average molecular weight is 370 g/mol. The summed E-state index contributed by atoms with van der Waals surface area (Å²) in [7, 11) is 0. The number of fused-ring (bicyclic) bond motifs is 2. The van der Waals surface area contributed by atoms with Crippen molar-refractivity contribution in [3.05, 3.63) is 47.5 Å². The molecule has 0 radical (unpaired) electrons. The second-order valence-electron chi connectivity index (χ2n) is 6.21. The Labute approximate surface area is 155 Å². The SMILES string of the molecule is O=C(NC[C@H](O)c1ccc2c(c1)CCO2)C(=O)Nc1ccc2c(c1)OCO2. The molecule has 0 spiro atoms. The molecule has 27 heavy (non-hydrogen) atoms. The van der Waals surface area contributed by atoms with Gasteiger partial charge in [0.15, 0.2) is 11.5 Å². The molecule has 0 unspecified atom stereocenters. The van der Waals surface area contributed by atoms with E-state index in [4.69, 9.17) is 14.2 Å².